The van der Waals surface area contributed by atoms with Gasteiger partial charge in [-0.1, -0.05) is 13.8 Å². The molecule has 0 amide bonds. The molecule has 0 saturated carbocycles. The molecule has 3 heterocycles. The van der Waals surface area contributed by atoms with Crippen molar-refractivity contribution in [3.8, 4) is 28.3 Å². The highest BCUT2D eigenvalue weighted by atomic mass is 19.3. The summed E-state index contributed by atoms with van der Waals surface area (Å²) in [7, 11) is 1.82. The molecule has 0 radical (unpaired) electrons. The highest BCUT2D eigenvalue weighted by molar-refractivity contribution is 5.85. The number of nitrogens with two attached hydrogens (primary N) is 1. The molecule has 2 N–H and O–H groups in total. The van der Waals surface area contributed by atoms with E-state index in [4.69, 9.17) is 10.5 Å². The van der Waals surface area contributed by atoms with Gasteiger partial charge in [0.05, 0.1) is 11.3 Å². The Hall–Kier alpha value is -3.95. The molecule has 0 unspecified atom stereocenters. The van der Waals surface area contributed by atoms with Crippen molar-refractivity contribution < 1.29 is 17.9 Å². The van der Waals surface area contributed by atoms with E-state index in [0.717, 1.165) is 5.56 Å². The number of nitrogen functional groups attached to an aromatic ring is 1. The third-order valence-electron chi connectivity index (χ3n) is 5.40. The zero-order valence-corrected chi connectivity index (χ0v) is 19.8. The van der Waals surface area contributed by atoms with Crippen LogP contribution in [-0.2, 0) is 13.7 Å². The van der Waals surface area contributed by atoms with E-state index in [9.17, 15) is 13.2 Å². The van der Waals surface area contributed by atoms with Crippen molar-refractivity contribution in [2.45, 2.75) is 39.7 Å². The van der Waals surface area contributed by atoms with Crippen molar-refractivity contribution in [3.63, 3.8) is 0 Å². The first-order valence-corrected chi connectivity index (χ1v) is 11.0. The Balaban J connectivity index is 1.89. The smallest absolute Gasteiger partial charge is 0.280 e. The van der Waals surface area contributed by atoms with Gasteiger partial charge < -0.3 is 10.5 Å². The summed E-state index contributed by atoms with van der Waals surface area (Å²) in [4.78, 5) is 12.6. The quantitative estimate of drug-likeness (QED) is 0.368. The molecule has 0 atom stereocenters. The van der Waals surface area contributed by atoms with Gasteiger partial charge >= 0.3 is 0 Å². The van der Waals surface area contributed by atoms with Crippen molar-refractivity contribution in [1.29, 1.82) is 0 Å². The van der Waals surface area contributed by atoms with Crippen molar-refractivity contribution >= 4 is 5.95 Å². The first-order chi connectivity index (χ1) is 16.6. The Morgan fingerprint density at radius 1 is 1.03 bits per heavy atom. The van der Waals surface area contributed by atoms with E-state index in [0.29, 0.717) is 33.8 Å². The molecule has 35 heavy (non-hydrogen) atoms. The maximum atomic E-state index is 13.6. The number of halogens is 3. The van der Waals surface area contributed by atoms with E-state index in [2.05, 4.69) is 20.1 Å². The number of rotatable bonds is 7. The van der Waals surface area contributed by atoms with Crippen LogP contribution in [-0.4, -0.2) is 24.7 Å². The third kappa shape index (κ3) is 5.26. The van der Waals surface area contributed by atoms with E-state index in [1.807, 2.05) is 27.1 Å². The number of aryl methyl sites for hydroxylation is 2. The zero-order valence-electron chi connectivity index (χ0n) is 19.8. The van der Waals surface area contributed by atoms with Crippen molar-refractivity contribution in [1.82, 2.24) is 24.7 Å². The average molecular weight is 483 g/mol. The standard InChI is InChI=1S/C25H25F3N6O/c1-13(2)18-11-34(4)33-20(18)12-35-24-21(16-9-14(3)30-19(10-16)23(27)28)22(31-25(29)32-24)15-5-7-17(26)8-6-15/h5-11,13,23H,12H2,1-4H3,(H2,29,31,32). The van der Waals surface area contributed by atoms with Gasteiger partial charge in [-0.2, -0.15) is 10.1 Å². The zero-order chi connectivity index (χ0) is 25.3. The fraction of sp³-hybridized carbons (Fsp3) is 0.280. The third-order valence-corrected chi connectivity index (χ3v) is 5.40. The van der Waals surface area contributed by atoms with E-state index >= 15 is 0 Å². The van der Waals surface area contributed by atoms with E-state index in [1.54, 1.807) is 17.7 Å². The minimum atomic E-state index is -2.77. The van der Waals surface area contributed by atoms with Crippen LogP contribution in [0.4, 0.5) is 19.1 Å². The van der Waals surface area contributed by atoms with E-state index in [1.165, 1.54) is 30.3 Å². The number of alkyl halides is 2. The lowest BCUT2D eigenvalue weighted by atomic mass is 9.99. The van der Waals surface area contributed by atoms with Gasteiger partial charge in [0.25, 0.3) is 6.43 Å². The SMILES string of the molecule is Cc1cc(-c2c(OCc3nn(C)cc3C(C)C)nc(N)nc2-c2ccc(F)cc2)cc(C(F)F)n1. The topological polar surface area (TPSA) is 91.7 Å². The molecular formula is C25H25F3N6O. The minimum Gasteiger partial charge on any atom is -0.470 e. The summed E-state index contributed by atoms with van der Waals surface area (Å²) < 4.78 is 48.6. The number of nitrogens with zero attached hydrogens (tertiary/aromatic N) is 5. The predicted molar refractivity (Wildman–Crippen MR) is 126 cm³/mol. The lowest BCUT2D eigenvalue weighted by Crippen LogP contribution is -2.08. The van der Waals surface area contributed by atoms with Gasteiger partial charge in [-0.25, -0.2) is 18.2 Å². The summed E-state index contributed by atoms with van der Waals surface area (Å²) in [5.41, 5.74) is 9.30. The molecule has 0 aliphatic carbocycles. The molecule has 4 rings (SSSR count). The molecule has 3 aromatic heterocycles. The van der Waals surface area contributed by atoms with Gasteiger partial charge in [0, 0.05) is 24.5 Å². The monoisotopic (exact) mass is 482 g/mol. The van der Waals surface area contributed by atoms with Crippen molar-refractivity contribution in [2.75, 3.05) is 5.73 Å². The maximum absolute atomic E-state index is 13.6. The second kappa shape index (κ2) is 9.73. The van der Waals surface area contributed by atoms with E-state index < -0.39 is 12.2 Å². The Bertz CT molecular complexity index is 1350. The summed E-state index contributed by atoms with van der Waals surface area (Å²) in [6, 6.07) is 8.53. The average Bonchev–Trinajstić information content (AvgIpc) is 3.18. The molecule has 0 bridgehead atoms. The van der Waals surface area contributed by atoms with E-state index in [-0.39, 0.29) is 30.0 Å². The fourth-order valence-electron chi connectivity index (χ4n) is 3.87. The normalized spacial score (nSPS) is 11.5. The van der Waals surface area contributed by atoms with Gasteiger partial charge in [0.2, 0.25) is 11.8 Å². The van der Waals surface area contributed by atoms with Crippen LogP contribution in [0.3, 0.4) is 0 Å². The number of hydrogen-bond acceptors (Lipinski definition) is 6. The van der Waals surface area contributed by atoms with Crippen LogP contribution < -0.4 is 10.5 Å². The number of aromatic nitrogens is 5. The predicted octanol–water partition coefficient (Wildman–Crippen LogP) is 5.61. The number of ether oxygens (including phenoxy) is 1. The molecule has 0 aliphatic rings. The van der Waals surface area contributed by atoms with Crippen molar-refractivity contribution in [2.24, 2.45) is 7.05 Å². The number of hydrogen-bond donors (Lipinski definition) is 1. The highest BCUT2D eigenvalue weighted by Crippen LogP contribution is 2.39. The van der Waals surface area contributed by atoms with Crippen LogP contribution >= 0.6 is 0 Å². The molecule has 182 valence electrons. The second-order valence-electron chi connectivity index (χ2n) is 8.49. The molecule has 0 saturated heterocycles. The van der Waals surface area contributed by atoms with Crippen LogP contribution in [0, 0.1) is 12.7 Å². The Kier molecular flexibility index (Phi) is 6.72. The minimum absolute atomic E-state index is 0.0758. The van der Waals surface area contributed by atoms with Crippen LogP contribution in [0.1, 0.15) is 48.8 Å². The molecule has 1 aromatic carbocycles. The highest BCUT2D eigenvalue weighted by Gasteiger charge is 2.22. The van der Waals surface area contributed by atoms with Crippen molar-refractivity contribution in [3.05, 3.63) is 71.1 Å². The molecule has 7 nitrogen and oxygen atoms in total. The van der Waals surface area contributed by atoms with Gasteiger partial charge in [0.15, 0.2) is 0 Å². The molecule has 4 aromatic rings. The summed E-state index contributed by atoms with van der Waals surface area (Å²) in [6.45, 7) is 5.79. The Labute approximate surface area is 200 Å². The summed E-state index contributed by atoms with van der Waals surface area (Å²) in [5.74, 6) is -0.190. The molecule has 0 spiro atoms. The summed E-state index contributed by atoms with van der Waals surface area (Å²) >= 11 is 0. The first-order valence-electron chi connectivity index (χ1n) is 11.0. The number of benzene rings is 1. The van der Waals surface area contributed by atoms with Gasteiger partial charge in [-0.3, -0.25) is 9.67 Å². The Morgan fingerprint density at radius 2 is 1.74 bits per heavy atom. The van der Waals surface area contributed by atoms with Gasteiger partial charge in [-0.15, -0.1) is 0 Å². The number of anilines is 1. The number of pyridine rings is 1. The summed E-state index contributed by atoms with van der Waals surface area (Å²) in [6.07, 6.45) is -0.854. The van der Waals surface area contributed by atoms with Crippen LogP contribution in [0.25, 0.3) is 22.4 Å². The van der Waals surface area contributed by atoms with Crippen LogP contribution in [0.2, 0.25) is 0 Å². The van der Waals surface area contributed by atoms with Crippen LogP contribution in [0.5, 0.6) is 5.88 Å². The molecule has 0 fully saturated rings. The lowest BCUT2D eigenvalue weighted by molar-refractivity contribution is 0.146. The first kappa shape index (κ1) is 24.2. The molecule has 10 heteroatoms. The molecular weight excluding hydrogens is 457 g/mol. The maximum Gasteiger partial charge on any atom is 0.280 e. The Morgan fingerprint density at radius 3 is 2.40 bits per heavy atom. The lowest BCUT2D eigenvalue weighted by Gasteiger charge is -2.17. The van der Waals surface area contributed by atoms with Gasteiger partial charge in [0.1, 0.15) is 23.8 Å². The largest absolute Gasteiger partial charge is 0.470 e. The second-order valence-corrected chi connectivity index (χ2v) is 8.49. The molecule has 0 aliphatic heterocycles. The van der Waals surface area contributed by atoms with Crippen LogP contribution in [0.15, 0.2) is 42.6 Å². The van der Waals surface area contributed by atoms with Gasteiger partial charge in [-0.05, 0) is 60.4 Å². The fourth-order valence-corrected chi connectivity index (χ4v) is 3.87. The summed E-state index contributed by atoms with van der Waals surface area (Å²) in [5, 5.41) is 4.48.